The standard InChI is InChI=1S/C18H26ClN5O.HI/c1-3-9-21-18(20-4-2)22-14-17(25)24-12-10-23(11-13-24)16-7-5-15(19)6-8-16;/h3,5-8H,1,4,9-14H2,2H3,(H2,20,21,22);1H. The second-order valence-corrected chi connectivity index (χ2v) is 6.15. The smallest absolute Gasteiger partial charge is 0.244 e. The maximum Gasteiger partial charge on any atom is 0.244 e. The molecule has 1 aromatic carbocycles. The van der Waals surface area contributed by atoms with Crippen LogP contribution >= 0.6 is 35.6 Å². The van der Waals surface area contributed by atoms with Crippen LogP contribution in [0.25, 0.3) is 0 Å². The highest BCUT2D eigenvalue weighted by Crippen LogP contribution is 2.19. The molecule has 2 N–H and O–H groups in total. The first-order valence-corrected chi connectivity index (χ1v) is 8.93. The predicted molar refractivity (Wildman–Crippen MR) is 120 cm³/mol. The SMILES string of the molecule is C=CCNC(=NCC(=O)N1CCN(c2ccc(Cl)cc2)CC1)NCC.I. The molecule has 0 unspecified atom stereocenters. The van der Waals surface area contributed by atoms with Crippen LogP contribution in [-0.2, 0) is 4.79 Å². The Bertz CT molecular complexity index is 600. The molecule has 0 aliphatic carbocycles. The Morgan fingerprint density at radius 3 is 2.46 bits per heavy atom. The summed E-state index contributed by atoms with van der Waals surface area (Å²) in [5.74, 6) is 0.683. The van der Waals surface area contributed by atoms with Gasteiger partial charge in [0.1, 0.15) is 6.54 Å². The summed E-state index contributed by atoms with van der Waals surface area (Å²) in [6, 6.07) is 7.80. The van der Waals surface area contributed by atoms with Crippen molar-refractivity contribution in [2.75, 3.05) is 50.7 Å². The van der Waals surface area contributed by atoms with Gasteiger partial charge in [0, 0.05) is 50.0 Å². The zero-order valence-corrected chi connectivity index (χ0v) is 18.2. The van der Waals surface area contributed by atoms with E-state index in [1.54, 1.807) is 6.08 Å². The molecule has 6 nitrogen and oxygen atoms in total. The first-order chi connectivity index (χ1) is 12.1. The number of nitrogens with one attached hydrogen (secondary N) is 2. The molecule has 26 heavy (non-hydrogen) atoms. The van der Waals surface area contributed by atoms with Gasteiger partial charge in [-0.25, -0.2) is 4.99 Å². The molecule has 0 radical (unpaired) electrons. The fourth-order valence-corrected chi connectivity index (χ4v) is 2.75. The number of carbonyl (C=O) groups is 1. The number of amides is 1. The normalized spacial score (nSPS) is 14.5. The molecule has 0 bridgehead atoms. The number of aliphatic imine (C=N–C) groups is 1. The zero-order valence-electron chi connectivity index (χ0n) is 15.1. The topological polar surface area (TPSA) is 60.0 Å². The number of halogens is 2. The lowest BCUT2D eigenvalue weighted by atomic mass is 10.2. The summed E-state index contributed by atoms with van der Waals surface area (Å²) in [4.78, 5) is 20.8. The van der Waals surface area contributed by atoms with E-state index in [-0.39, 0.29) is 36.4 Å². The average molecular weight is 492 g/mol. The second kappa shape index (κ2) is 12.0. The average Bonchev–Trinajstić information content (AvgIpc) is 2.64. The lowest BCUT2D eigenvalue weighted by Gasteiger charge is -2.36. The molecule has 0 aromatic heterocycles. The van der Waals surface area contributed by atoms with Crippen molar-refractivity contribution >= 4 is 53.1 Å². The molecule has 1 aromatic rings. The number of anilines is 1. The molecular formula is C18H27ClIN5O. The highest BCUT2D eigenvalue weighted by atomic mass is 127. The van der Waals surface area contributed by atoms with Gasteiger partial charge < -0.3 is 20.4 Å². The summed E-state index contributed by atoms with van der Waals surface area (Å²) >= 11 is 5.93. The van der Waals surface area contributed by atoms with Crippen molar-refractivity contribution in [1.29, 1.82) is 0 Å². The van der Waals surface area contributed by atoms with Gasteiger partial charge in [-0.3, -0.25) is 4.79 Å². The summed E-state index contributed by atoms with van der Waals surface area (Å²) in [6.07, 6.45) is 1.75. The Morgan fingerprint density at radius 2 is 1.88 bits per heavy atom. The lowest BCUT2D eigenvalue weighted by molar-refractivity contribution is -0.129. The molecular weight excluding hydrogens is 465 g/mol. The minimum absolute atomic E-state index is 0. The second-order valence-electron chi connectivity index (χ2n) is 5.71. The monoisotopic (exact) mass is 491 g/mol. The van der Waals surface area contributed by atoms with Crippen LogP contribution in [0.2, 0.25) is 5.02 Å². The third-order valence-corrected chi connectivity index (χ3v) is 4.21. The predicted octanol–water partition coefficient (Wildman–Crippen LogP) is 2.35. The molecule has 1 heterocycles. The van der Waals surface area contributed by atoms with Crippen LogP contribution < -0.4 is 15.5 Å². The number of hydrogen-bond acceptors (Lipinski definition) is 3. The van der Waals surface area contributed by atoms with Crippen LogP contribution in [0.15, 0.2) is 41.9 Å². The van der Waals surface area contributed by atoms with E-state index in [0.717, 1.165) is 30.3 Å². The van der Waals surface area contributed by atoms with Gasteiger partial charge >= 0.3 is 0 Å². The summed E-state index contributed by atoms with van der Waals surface area (Å²) in [5.41, 5.74) is 1.14. The number of carbonyl (C=O) groups excluding carboxylic acids is 1. The largest absolute Gasteiger partial charge is 0.368 e. The molecule has 1 saturated heterocycles. The summed E-state index contributed by atoms with van der Waals surface area (Å²) in [7, 11) is 0. The summed E-state index contributed by atoms with van der Waals surface area (Å²) in [5, 5.41) is 6.94. The fraction of sp³-hybridized carbons (Fsp3) is 0.444. The number of benzene rings is 1. The van der Waals surface area contributed by atoms with Crippen molar-refractivity contribution in [3.8, 4) is 0 Å². The molecule has 1 fully saturated rings. The van der Waals surface area contributed by atoms with Gasteiger partial charge in [-0.2, -0.15) is 0 Å². The van der Waals surface area contributed by atoms with E-state index in [2.05, 4.69) is 27.1 Å². The van der Waals surface area contributed by atoms with E-state index < -0.39 is 0 Å². The molecule has 144 valence electrons. The number of nitrogens with zero attached hydrogens (tertiary/aromatic N) is 3. The number of hydrogen-bond donors (Lipinski definition) is 2. The van der Waals surface area contributed by atoms with Crippen LogP contribution in [0.4, 0.5) is 5.69 Å². The van der Waals surface area contributed by atoms with Crippen molar-refractivity contribution in [1.82, 2.24) is 15.5 Å². The van der Waals surface area contributed by atoms with Gasteiger partial charge in [0.15, 0.2) is 5.96 Å². The van der Waals surface area contributed by atoms with E-state index in [1.165, 1.54) is 0 Å². The molecule has 1 aliphatic rings. The van der Waals surface area contributed by atoms with Gasteiger partial charge in [-0.05, 0) is 31.2 Å². The van der Waals surface area contributed by atoms with Crippen LogP contribution in [0.1, 0.15) is 6.92 Å². The van der Waals surface area contributed by atoms with Crippen LogP contribution in [-0.4, -0.2) is 62.6 Å². The quantitative estimate of drug-likeness (QED) is 0.278. The first-order valence-electron chi connectivity index (χ1n) is 8.55. The molecule has 0 spiro atoms. The fourth-order valence-electron chi connectivity index (χ4n) is 2.62. The third-order valence-electron chi connectivity index (χ3n) is 3.95. The van der Waals surface area contributed by atoms with Crippen molar-refractivity contribution in [2.45, 2.75) is 6.92 Å². The lowest BCUT2D eigenvalue weighted by Crippen LogP contribution is -2.49. The van der Waals surface area contributed by atoms with E-state index in [9.17, 15) is 4.79 Å². The molecule has 0 atom stereocenters. The van der Waals surface area contributed by atoms with Crippen molar-refractivity contribution < 1.29 is 4.79 Å². The minimum atomic E-state index is 0. The molecule has 0 saturated carbocycles. The zero-order chi connectivity index (χ0) is 18.1. The van der Waals surface area contributed by atoms with Crippen molar-refractivity contribution in [2.24, 2.45) is 4.99 Å². The Morgan fingerprint density at radius 1 is 1.23 bits per heavy atom. The van der Waals surface area contributed by atoms with Crippen LogP contribution in [0, 0.1) is 0 Å². The van der Waals surface area contributed by atoms with Gasteiger partial charge in [0.2, 0.25) is 5.91 Å². The van der Waals surface area contributed by atoms with Gasteiger partial charge in [-0.1, -0.05) is 17.7 Å². The van der Waals surface area contributed by atoms with E-state index in [1.807, 2.05) is 36.1 Å². The molecule has 2 rings (SSSR count). The Labute approximate surface area is 177 Å². The van der Waals surface area contributed by atoms with Crippen molar-refractivity contribution in [3.63, 3.8) is 0 Å². The Kier molecular flexibility index (Phi) is 10.4. The molecule has 1 amide bonds. The van der Waals surface area contributed by atoms with E-state index in [4.69, 9.17) is 11.6 Å². The minimum Gasteiger partial charge on any atom is -0.368 e. The van der Waals surface area contributed by atoms with E-state index >= 15 is 0 Å². The summed E-state index contributed by atoms with van der Waals surface area (Å²) < 4.78 is 0. The van der Waals surface area contributed by atoms with Crippen molar-refractivity contribution in [3.05, 3.63) is 41.9 Å². The Balaban J connectivity index is 0.00000338. The highest BCUT2D eigenvalue weighted by molar-refractivity contribution is 14.0. The number of piperazine rings is 1. The van der Waals surface area contributed by atoms with Crippen LogP contribution in [0.5, 0.6) is 0 Å². The van der Waals surface area contributed by atoms with E-state index in [0.29, 0.717) is 25.6 Å². The maximum atomic E-state index is 12.4. The number of guanidine groups is 1. The highest BCUT2D eigenvalue weighted by Gasteiger charge is 2.21. The molecule has 1 aliphatic heterocycles. The van der Waals surface area contributed by atoms with Gasteiger partial charge in [-0.15, -0.1) is 30.6 Å². The number of rotatable bonds is 6. The maximum absolute atomic E-state index is 12.4. The van der Waals surface area contributed by atoms with Gasteiger partial charge in [0.25, 0.3) is 0 Å². The van der Waals surface area contributed by atoms with Crippen LogP contribution in [0.3, 0.4) is 0 Å². The van der Waals surface area contributed by atoms with Gasteiger partial charge in [0.05, 0.1) is 0 Å². The molecule has 8 heteroatoms. The Hall–Kier alpha value is -1.48. The summed E-state index contributed by atoms with van der Waals surface area (Å²) in [6.45, 7) is 10.2. The first kappa shape index (κ1) is 22.6. The third kappa shape index (κ3) is 7.03.